The predicted octanol–water partition coefficient (Wildman–Crippen LogP) is 4.15. The molecule has 1 aliphatic carbocycles. The lowest BCUT2D eigenvalue weighted by Gasteiger charge is -2.10. The summed E-state index contributed by atoms with van der Waals surface area (Å²) in [7, 11) is 0. The van der Waals surface area contributed by atoms with Crippen molar-refractivity contribution in [2.24, 2.45) is 0 Å². The first-order valence-electron chi connectivity index (χ1n) is 8.71. The average Bonchev–Trinajstić information content (AvgIpc) is 3.42. The van der Waals surface area contributed by atoms with E-state index >= 15 is 0 Å². The topological polar surface area (TPSA) is 72.7 Å². The maximum atomic E-state index is 13.9. The molecule has 4 rings (SSSR count). The number of benzene rings is 1. The number of nitrogens with zero attached hydrogens (tertiary/aromatic N) is 4. The number of hydrogen-bond acceptors (Lipinski definition) is 4. The van der Waals surface area contributed by atoms with Crippen LogP contribution in [0.25, 0.3) is 11.4 Å². The number of halogens is 2. The standard InChI is InChI=1S/C19H17BrFN5O/c20-13-1-4-16(15(21)11-13)23-18(27)6-5-17-24-25-19(26(17)14-2-3-14)12-7-9-22-10-8-12/h1,4,7-11,14H,2-3,5-6H2,(H,23,27). The Bertz CT molecular complexity index is 971. The maximum Gasteiger partial charge on any atom is 0.224 e. The quantitative estimate of drug-likeness (QED) is 0.638. The van der Waals surface area contributed by atoms with Gasteiger partial charge < -0.3 is 9.88 Å². The first-order chi connectivity index (χ1) is 13.1. The monoisotopic (exact) mass is 429 g/mol. The lowest BCUT2D eigenvalue weighted by atomic mass is 10.2. The molecule has 8 heteroatoms. The summed E-state index contributed by atoms with van der Waals surface area (Å²) < 4.78 is 16.6. The fourth-order valence-electron chi connectivity index (χ4n) is 2.94. The van der Waals surface area contributed by atoms with Crippen molar-refractivity contribution in [2.75, 3.05) is 5.32 Å². The van der Waals surface area contributed by atoms with Crippen LogP contribution in [0.15, 0.2) is 47.2 Å². The van der Waals surface area contributed by atoms with Gasteiger partial charge in [0, 0.05) is 41.3 Å². The molecule has 0 radical (unpaired) electrons. The lowest BCUT2D eigenvalue weighted by Crippen LogP contribution is -2.15. The van der Waals surface area contributed by atoms with Crippen LogP contribution in [0.5, 0.6) is 0 Å². The van der Waals surface area contributed by atoms with Crippen molar-refractivity contribution in [3.05, 3.63) is 58.8 Å². The van der Waals surface area contributed by atoms with Crippen LogP contribution in [0, 0.1) is 5.82 Å². The third-order valence-corrected chi connectivity index (χ3v) is 4.89. The van der Waals surface area contributed by atoms with Crippen molar-refractivity contribution in [2.45, 2.75) is 31.7 Å². The Morgan fingerprint density at radius 2 is 2.00 bits per heavy atom. The number of aromatic nitrogens is 4. The Kier molecular flexibility index (Phi) is 4.98. The fourth-order valence-corrected chi connectivity index (χ4v) is 3.27. The van der Waals surface area contributed by atoms with Gasteiger partial charge in [-0.2, -0.15) is 0 Å². The molecule has 1 amide bonds. The van der Waals surface area contributed by atoms with Gasteiger partial charge in [-0.05, 0) is 43.2 Å². The predicted molar refractivity (Wildman–Crippen MR) is 103 cm³/mol. The highest BCUT2D eigenvalue weighted by molar-refractivity contribution is 9.10. The highest BCUT2D eigenvalue weighted by atomic mass is 79.9. The van der Waals surface area contributed by atoms with Gasteiger partial charge >= 0.3 is 0 Å². The largest absolute Gasteiger partial charge is 0.324 e. The Balaban J connectivity index is 1.47. The number of hydrogen-bond donors (Lipinski definition) is 1. The van der Waals surface area contributed by atoms with Gasteiger partial charge in [0.1, 0.15) is 11.6 Å². The zero-order valence-corrected chi connectivity index (χ0v) is 16.0. The highest BCUT2D eigenvalue weighted by Crippen LogP contribution is 2.39. The lowest BCUT2D eigenvalue weighted by molar-refractivity contribution is -0.116. The van der Waals surface area contributed by atoms with Gasteiger partial charge in [0.2, 0.25) is 5.91 Å². The molecule has 1 fully saturated rings. The second kappa shape index (κ2) is 7.56. The van der Waals surface area contributed by atoms with Crippen molar-refractivity contribution in [1.82, 2.24) is 19.7 Å². The van der Waals surface area contributed by atoms with Gasteiger partial charge in [0.05, 0.1) is 5.69 Å². The van der Waals surface area contributed by atoms with Crippen LogP contribution in [0.4, 0.5) is 10.1 Å². The first-order valence-corrected chi connectivity index (χ1v) is 9.50. The number of aryl methyl sites for hydroxylation is 1. The van der Waals surface area contributed by atoms with Crippen molar-refractivity contribution < 1.29 is 9.18 Å². The first kappa shape index (κ1) is 17.8. The van der Waals surface area contributed by atoms with Crippen LogP contribution < -0.4 is 5.32 Å². The molecule has 1 saturated carbocycles. The highest BCUT2D eigenvalue weighted by Gasteiger charge is 2.30. The summed E-state index contributed by atoms with van der Waals surface area (Å²) in [4.78, 5) is 16.3. The molecule has 0 atom stereocenters. The van der Waals surface area contributed by atoms with Gasteiger partial charge in [-0.15, -0.1) is 10.2 Å². The van der Waals surface area contributed by atoms with E-state index in [9.17, 15) is 9.18 Å². The molecule has 27 heavy (non-hydrogen) atoms. The van der Waals surface area contributed by atoms with Gasteiger partial charge in [0.15, 0.2) is 5.82 Å². The van der Waals surface area contributed by atoms with E-state index in [4.69, 9.17) is 0 Å². The number of pyridine rings is 1. The summed E-state index contributed by atoms with van der Waals surface area (Å²) in [5.74, 6) is 0.843. The van der Waals surface area contributed by atoms with Crippen molar-refractivity contribution in [3.63, 3.8) is 0 Å². The Morgan fingerprint density at radius 3 is 2.70 bits per heavy atom. The molecule has 1 aliphatic rings. The molecular formula is C19H17BrFN5O. The van der Waals surface area contributed by atoms with E-state index < -0.39 is 5.82 Å². The molecule has 3 aromatic rings. The maximum absolute atomic E-state index is 13.9. The average molecular weight is 430 g/mol. The molecule has 1 N–H and O–H groups in total. The zero-order chi connectivity index (χ0) is 18.8. The van der Waals surface area contributed by atoms with Gasteiger partial charge in [0.25, 0.3) is 0 Å². The molecule has 0 bridgehead atoms. The Labute approximate surface area is 164 Å². The third kappa shape index (κ3) is 4.05. The number of carbonyl (C=O) groups excluding carboxylic acids is 1. The molecule has 0 unspecified atom stereocenters. The van der Waals surface area contributed by atoms with Gasteiger partial charge in [-0.25, -0.2) is 4.39 Å². The molecule has 0 spiro atoms. The van der Waals surface area contributed by atoms with Crippen molar-refractivity contribution in [1.29, 1.82) is 0 Å². The number of rotatable bonds is 6. The molecule has 0 saturated heterocycles. The fraction of sp³-hybridized carbons (Fsp3) is 0.263. The zero-order valence-electron chi connectivity index (χ0n) is 14.4. The second-order valence-electron chi connectivity index (χ2n) is 6.45. The number of amides is 1. The molecule has 0 aliphatic heterocycles. The Morgan fingerprint density at radius 1 is 1.22 bits per heavy atom. The number of nitrogens with one attached hydrogen (secondary N) is 1. The van der Waals surface area contributed by atoms with Crippen LogP contribution in [0.2, 0.25) is 0 Å². The summed E-state index contributed by atoms with van der Waals surface area (Å²) >= 11 is 3.20. The van der Waals surface area contributed by atoms with Crippen molar-refractivity contribution >= 4 is 27.5 Å². The van der Waals surface area contributed by atoms with E-state index in [1.165, 1.54) is 12.1 Å². The molecule has 138 valence electrons. The summed E-state index contributed by atoms with van der Waals surface area (Å²) in [6.45, 7) is 0. The van der Waals surface area contributed by atoms with E-state index in [0.29, 0.717) is 16.9 Å². The van der Waals surface area contributed by atoms with Crippen LogP contribution in [0.3, 0.4) is 0 Å². The van der Waals surface area contributed by atoms with Crippen LogP contribution >= 0.6 is 15.9 Å². The summed E-state index contributed by atoms with van der Waals surface area (Å²) in [6, 6.07) is 8.71. The van der Waals surface area contributed by atoms with E-state index in [1.54, 1.807) is 18.5 Å². The van der Waals surface area contributed by atoms with Crippen LogP contribution in [0.1, 0.15) is 31.1 Å². The SMILES string of the molecule is O=C(CCc1nnc(-c2ccncc2)n1C1CC1)Nc1ccc(Br)cc1F. The van der Waals surface area contributed by atoms with E-state index in [1.807, 2.05) is 12.1 Å². The summed E-state index contributed by atoms with van der Waals surface area (Å²) in [5, 5.41) is 11.2. The van der Waals surface area contributed by atoms with E-state index in [2.05, 4.69) is 41.0 Å². The van der Waals surface area contributed by atoms with Crippen LogP contribution in [-0.2, 0) is 11.2 Å². The molecule has 2 aromatic heterocycles. The summed E-state index contributed by atoms with van der Waals surface area (Å²) in [6.07, 6.45) is 6.26. The normalized spacial score (nSPS) is 13.6. The third-order valence-electron chi connectivity index (χ3n) is 4.40. The molecule has 1 aromatic carbocycles. The van der Waals surface area contributed by atoms with Crippen molar-refractivity contribution in [3.8, 4) is 11.4 Å². The Hall–Kier alpha value is -2.61. The molecule has 6 nitrogen and oxygen atoms in total. The minimum atomic E-state index is -0.473. The minimum absolute atomic E-state index is 0.171. The van der Waals surface area contributed by atoms with E-state index in [0.717, 1.165) is 30.1 Å². The van der Waals surface area contributed by atoms with Gasteiger partial charge in [-0.3, -0.25) is 9.78 Å². The molecule has 2 heterocycles. The summed E-state index contributed by atoms with van der Waals surface area (Å²) in [5.41, 5.74) is 1.13. The van der Waals surface area contributed by atoms with Gasteiger partial charge in [-0.1, -0.05) is 15.9 Å². The van der Waals surface area contributed by atoms with E-state index in [-0.39, 0.29) is 18.0 Å². The minimum Gasteiger partial charge on any atom is -0.324 e. The molecular weight excluding hydrogens is 413 g/mol. The number of anilines is 1. The van der Waals surface area contributed by atoms with Crippen LogP contribution in [-0.4, -0.2) is 25.7 Å². The smallest absolute Gasteiger partial charge is 0.224 e. The second-order valence-corrected chi connectivity index (χ2v) is 7.36. The number of carbonyl (C=O) groups is 1.